The number of rotatable bonds is 3. The summed E-state index contributed by atoms with van der Waals surface area (Å²) in [5, 5.41) is 17.5. The number of hydrogen-bond donors (Lipinski definition) is 3. The number of anilines is 1. The van der Waals surface area contributed by atoms with Gasteiger partial charge >= 0.3 is 0 Å². The summed E-state index contributed by atoms with van der Waals surface area (Å²) >= 11 is 0. The second kappa shape index (κ2) is 4.77. The minimum Gasteiger partial charge on any atom is -0.382 e. The third kappa shape index (κ3) is 2.35. The van der Waals surface area contributed by atoms with Gasteiger partial charge in [-0.25, -0.2) is 0 Å². The number of nitrogens with zero attached hydrogens (tertiary/aromatic N) is 4. The van der Waals surface area contributed by atoms with Gasteiger partial charge in [0.15, 0.2) is 0 Å². The van der Waals surface area contributed by atoms with Crippen molar-refractivity contribution in [2.45, 2.75) is 25.3 Å². The quantitative estimate of drug-likeness (QED) is 0.733. The molecule has 0 saturated carbocycles. The predicted molar refractivity (Wildman–Crippen MR) is 66.6 cm³/mol. The number of aromatic amines is 2. The molecule has 1 saturated heterocycles. The molecule has 7 nitrogen and oxygen atoms in total. The van der Waals surface area contributed by atoms with Gasteiger partial charge in [0.05, 0.1) is 11.9 Å². The van der Waals surface area contributed by atoms with E-state index in [2.05, 4.69) is 30.5 Å². The van der Waals surface area contributed by atoms with Gasteiger partial charge < -0.3 is 5.73 Å². The first-order valence-electron chi connectivity index (χ1n) is 6.19. The van der Waals surface area contributed by atoms with E-state index in [4.69, 9.17) is 5.73 Å². The summed E-state index contributed by atoms with van der Waals surface area (Å²) in [6, 6.07) is 1.94. The number of piperidine rings is 1. The van der Waals surface area contributed by atoms with Crippen molar-refractivity contribution >= 4 is 5.82 Å². The van der Waals surface area contributed by atoms with Crippen LogP contribution in [-0.2, 0) is 6.54 Å². The van der Waals surface area contributed by atoms with E-state index in [1.54, 1.807) is 6.20 Å². The zero-order chi connectivity index (χ0) is 12.4. The Hall–Kier alpha value is -1.89. The standard InChI is InChI=1S/C11H17N7/c12-11-5-10(15-16-11)8-1-3-18(4-2-8)7-9-6-13-17-14-9/h5-6,8H,1-4,7H2,(H3,12,15,16)(H,13,14,17). The van der Waals surface area contributed by atoms with E-state index in [0.717, 1.165) is 43.9 Å². The Labute approximate surface area is 105 Å². The topological polar surface area (TPSA) is 99.5 Å². The van der Waals surface area contributed by atoms with Crippen molar-refractivity contribution in [2.75, 3.05) is 18.8 Å². The highest BCUT2D eigenvalue weighted by atomic mass is 15.3. The molecule has 1 aliphatic heterocycles. The Bertz CT molecular complexity index is 481. The van der Waals surface area contributed by atoms with Crippen LogP contribution in [0.2, 0.25) is 0 Å². The SMILES string of the molecule is Nc1cc(C2CCN(Cc3cn[nH]n3)CC2)[nH]n1. The molecular formula is C11H17N7. The number of H-pyrrole nitrogens is 2. The summed E-state index contributed by atoms with van der Waals surface area (Å²) < 4.78 is 0. The van der Waals surface area contributed by atoms with Crippen LogP contribution in [0, 0.1) is 0 Å². The second-order valence-electron chi connectivity index (χ2n) is 4.76. The minimum atomic E-state index is 0.545. The minimum absolute atomic E-state index is 0.545. The molecule has 0 spiro atoms. The van der Waals surface area contributed by atoms with Crippen molar-refractivity contribution in [1.82, 2.24) is 30.5 Å². The van der Waals surface area contributed by atoms with Gasteiger partial charge in [0.25, 0.3) is 0 Å². The number of nitrogens with one attached hydrogen (secondary N) is 2. The average molecular weight is 247 g/mol. The molecule has 0 bridgehead atoms. The molecule has 4 N–H and O–H groups in total. The zero-order valence-corrected chi connectivity index (χ0v) is 10.1. The Balaban J connectivity index is 1.55. The molecule has 2 aromatic heterocycles. The predicted octanol–water partition coefficient (Wildman–Crippen LogP) is 0.490. The average Bonchev–Trinajstić information content (AvgIpc) is 3.02. The van der Waals surface area contributed by atoms with Crippen molar-refractivity contribution in [2.24, 2.45) is 0 Å². The summed E-state index contributed by atoms with van der Waals surface area (Å²) in [5.41, 5.74) is 7.79. The summed E-state index contributed by atoms with van der Waals surface area (Å²) in [7, 11) is 0. The third-order valence-corrected chi connectivity index (χ3v) is 3.50. The smallest absolute Gasteiger partial charge is 0.145 e. The maximum Gasteiger partial charge on any atom is 0.145 e. The van der Waals surface area contributed by atoms with Crippen molar-refractivity contribution in [1.29, 1.82) is 0 Å². The van der Waals surface area contributed by atoms with Gasteiger partial charge in [-0.3, -0.25) is 10.00 Å². The number of aromatic nitrogens is 5. The van der Waals surface area contributed by atoms with Gasteiger partial charge in [-0.2, -0.15) is 20.5 Å². The van der Waals surface area contributed by atoms with Gasteiger partial charge in [-0.05, 0) is 25.9 Å². The van der Waals surface area contributed by atoms with Crippen LogP contribution in [0.1, 0.15) is 30.1 Å². The molecule has 3 rings (SSSR count). The lowest BCUT2D eigenvalue weighted by atomic mass is 9.93. The lowest BCUT2D eigenvalue weighted by molar-refractivity contribution is 0.201. The van der Waals surface area contributed by atoms with E-state index in [1.807, 2.05) is 6.07 Å². The highest BCUT2D eigenvalue weighted by molar-refractivity contribution is 5.30. The molecule has 0 aliphatic carbocycles. The molecule has 0 radical (unpaired) electrons. The molecule has 96 valence electrons. The molecule has 1 aliphatic rings. The van der Waals surface area contributed by atoms with Crippen molar-refractivity contribution in [3.63, 3.8) is 0 Å². The Kier molecular flexibility index (Phi) is 2.97. The molecular weight excluding hydrogens is 230 g/mol. The first kappa shape index (κ1) is 11.2. The lowest BCUT2D eigenvalue weighted by Crippen LogP contribution is -2.32. The maximum atomic E-state index is 5.63. The Morgan fingerprint density at radius 2 is 2.17 bits per heavy atom. The largest absolute Gasteiger partial charge is 0.382 e. The number of hydrogen-bond acceptors (Lipinski definition) is 5. The highest BCUT2D eigenvalue weighted by Crippen LogP contribution is 2.27. The highest BCUT2D eigenvalue weighted by Gasteiger charge is 2.22. The van der Waals surface area contributed by atoms with Crippen LogP contribution in [0.25, 0.3) is 0 Å². The normalized spacial score (nSPS) is 18.2. The van der Waals surface area contributed by atoms with Gasteiger partial charge in [-0.1, -0.05) is 0 Å². The summed E-state index contributed by atoms with van der Waals surface area (Å²) in [6.45, 7) is 3.00. The molecule has 0 aromatic carbocycles. The van der Waals surface area contributed by atoms with Crippen LogP contribution in [-0.4, -0.2) is 43.6 Å². The van der Waals surface area contributed by atoms with Crippen molar-refractivity contribution < 1.29 is 0 Å². The molecule has 0 atom stereocenters. The van der Waals surface area contributed by atoms with E-state index < -0.39 is 0 Å². The fourth-order valence-corrected chi connectivity index (χ4v) is 2.49. The van der Waals surface area contributed by atoms with E-state index >= 15 is 0 Å². The molecule has 7 heteroatoms. The van der Waals surface area contributed by atoms with Crippen LogP contribution in [0.5, 0.6) is 0 Å². The van der Waals surface area contributed by atoms with Gasteiger partial charge in [0, 0.05) is 24.2 Å². The monoisotopic (exact) mass is 247 g/mol. The van der Waals surface area contributed by atoms with E-state index in [9.17, 15) is 0 Å². The van der Waals surface area contributed by atoms with Gasteiger partial charge in [0.1, 0.15) is 5.82 Å². The van der Waals surface area contributed by atoms with E-state index in [1.165, 1.54) is 0 Å². The van der Waals surface area contributed by atoms with Crippen molar-refractivity contribution in [3.8, 4) is 0 Å². The first-order chi connectivity index (χ1) is 8.81. The van der Waals surface area contributed by atoms with Crippen LogP contribution < -0.4 is 5.73 Å². The van der Waals surface area contributed by atoms with Crippen LogP contribution >= 0.6 is 0 Å². The number of nitrogens with two attached hydrogens (primary N) is 1. The maximum absolute atomic E-state index is 5.63. The zero-order valence-electron chi connectivity index (χ0n) is 10.1. The van der Waals surface area contributed by atoms with E-state index in [-0.39, 0.29) is 0 Å². The summed E-state index contributed by atoms with van der Waals surface area (Å²) in [5.74, 6) is 1.12. The molecule has 2 aromatic rings. The summed E-state index contributed by atoms with van der Waals surface area (Å²) in [4.78, 5) is 2.40. The van der Waals surface area contributed by atoms with Crippen LogP contribution in [0.3, 0.4) is 0 Å². The summed E-state index contributed by atoms with van der Waals surface area (Å²) in [6.07, 6.45) is 4.03. The molecule has 1 fully saturated rings. The van der Waals surface area contributed by atoms with Gasteiger partial charge in [-0.15, -0.1) is 0 Å². The number of nitrogen functional groups attached to an aromatic ring is 1. The van der Waals surface area contributed by atoms with E-state index in [0.29, 0.717) is 11.7 Å². The van der Waals surface area contributed by atoms with Crippen LogP contribution in [0.4, 0.5) is 5.82 Å². The van der Waals surface area contributed by atoms with Crippen molar-refractivity contribution in [3.05, 3.63) is 23.7 Å². The molecule has 0 unspecified atom stereocenters. The lowest BCUT2D eigenvalue weighted by Gasteiger charge is -2.30. The molecule has 0 amide bonds. The number of likely N-dealkylation sites (tertiary alicyclic amines) is 1. The second-order valence-corrected chi connectivity index (χ2v) is 4.76. The Morgan fingerprint density at radius 1 is 1.33 bits per heavy atom. The fourth-order valence-electron chi connectivity index (χ4n) is 2.49. The van der Waals surface area contributed by atoms with Crippen LogP contribution in [0.15, 0.2) is 12.3 Å². The van der Waals surface area contributed by atoms with Gasteiger partial charge in [0.2, 0.25) is 0 Å². The first-order valence-corrected chi connectivity index (χ1v) is 6.19. The molecule has 3 heterocycles. The molecule has 18 heavy (non-hydrogen) atoms. The fraction of sp³-hybridized carbons (Fsp3) is 0.545. The Morgan fingerprint density at radius 3 is 2.78 bits per heavy atom. The third-order valence-electron chi connectivity index (χ3n) is 3.50.